The minimum atomic E-state index is -0.0898. The summed E-state index contributed by atoms with van der Waals surface area (Å²) in [4.78, 5) is 2.87. The lowest BCUT2D eigenvalue weighted by atomic mass is 9.86. The van der Waals surface area contributed by atoms with Gasteiger partial charge in [-0.25, -0.2) is 0 Å². The zero-order valence-corrected chi connectivity index (χ0v) is 12.3. The van der Waals surface area contributed by atoms with Crippen molar-refractivity contribution in [1.29, 1.82) is 0 Å². The van der Waals surface area contributed by atoms with Gasteiger partial charge < -0.3 is 10.4 Å². The van der Waals surface area contributed by atoms with Crippen molar-refractivity contribution in [2.24, 2.45) is 5.92 Å². The number of rotatable bonds is 5. The Balaban J connectivity index is 1.81. The summed E-state index contributed by atoms with van der Waals surface area (Å²) in [5.41, 5.74) is 0. The lowest BCUT2D eigenvalue weighted by Crippen LogP contribution is -2.34. The molecule has 0 amide bonds. The van der Waals surface area contributed by atoms with Gasteiger partial charge in [-0.1, -0.05) is 19.8 Å². The van der Waals surface area contributed by atoms with E-state index in [1.54, 1.807) is 0 Å². The molecule has 0 bridgehead atoms. The quantitative estimate of drug-likeness (QED) is 0.855. The molecule has 1 aliphatic rings. The fourth-order valence-corrected chi connectivity index (χ4v) is 3.65. The lowest BCUT2D eigenvalue weighted by molar-refractivity contribution is 0.0684. The van der Waals surface area contributed by atoms with Gasteiger partial charge in [-0.3, -0.25) is 0 Å². The van der Waals surface area contributed by atoms with E-state index in [2.05, 4.69) is 31.3 Å². The Bertz CT molecular complexity index is 363. The Labute approximate surface area is 114 Å². The van der Waals surface area contributed by atoms with Crippen molar-refractivity contribution in [3.05, 3.63) is 21.9 Å². The maximum atomic E-state index is 9.96. The van der Waals surface area contributed by atoms with E-state index in [9.17, 15) is 5.11 Å². The fraction of sp³-hybridized carbons (Fsp3) is 0.733. The summed E-state index contributed by atoms with van der Waals surface area (Å²) in [5.74, 6) is 0.451. The van der Waals surface area contributed by atoms with Gasteiger partial charge in [0, 0.05) is 22.3 Å². The molecule has 2 nitrogen and oxygen atoms in total. The predicted octanol–water partition coefficient (Wildman–Crippen LogP) is 3.51. The van der Waals surface area contributed by atoms with Crippen LogP contribution >= 0.6 is 11.3 Å². The van der Waals surface area contributed by atoms with Crippen LogP contribution < -0.4 is 5.32 Å². The van der Waals surface area contributed by atoms with Gasteiger partial charge in [0.2, 0.25) is 0 Å². The highest BCUT2D eigenvalue weighted by molar-refractivity contribution is 7.12. The van der Waals surface area contributed by atoms with E-state index in [1.165, 1.54) is 29.0 Å². The number of thiophene rings is 1. The average Bonchev–Trinajstić information content (AvgIpc) is 2.86. The van der Waals surface area contributed by atoms with Gasteiger partial charge in [0.05, 0.1) is 6.10 Å². The Morgan fingerprint density at radius 1 is 1.39 bits per heavy atom. The summed E-state index contributed by atoms with van der Waals surface area (Å²) in [7, 11) is 0. The number of hydrogen-bond acceptors (Lipinski definition) is 3. The van der Waals surface area contributed by atoms with Crippen molar-refractivity contribution < 1.29 is 5.11 Å². The minimum absolute atomic E-state index is 0.0898. The van der Waals surface area contributed by atoms with Crippen molar-refractivity contribution in [1.82, 2.24) is 5.32 Å². The first-order valence-electron chi connectivity index (χ1n) is 7.20. The second-order valence-corrected chi connectivity index (χ2v) is 6.60. The van der Waals surface area contributed by atoms with Gasteiger partial charge in [-0.05, 0) is 44.2 Å². The van der Waals surface area contributed by atoms with Gasteiger partial charge >= 0.3 is 0 Å². The third kappa shape index (κ3) is 3.56. The standard InChI is InChI=1S/C15H25NOS/c1-3-13-8-9-15(18-13)11(2)16-10-12-6-4-5-7-14(12)17/h8-9,11-12,14,16-17H,3-7,10H2,1-2H3. The molecule has 18 heavy (non-hydrogen) atoms. The average molecular weight is 267 g/mol. The molecule has 1 aromatic heterocycles. The van der Waals surface area contributed by atoms with E-state index >= 15 is 0 Å². The third-order valence-electron chi connectivity index (χ3n) is 4.01. The van der Waals surface area contributed by atoms with E-state index in [1.807, 2.05) is 11.3 Å². The second kappa shape index (κ2) is 6.69. The van der Waals surface area contributed by atoms with Crippen molar-refractivity contribution in [3.63, 3.8) is 0 Å². The molecule has 0 aliphatic heterocycles. The smallest absolute Gasteiger partial charge is 0.0580 e. The van der Waals surface area contributed by atoms with E-state index in [4.69, 9.17) is 0 Å². The van der Waals surface area contributed by atoms with Crippen LogP contribution in [0.2, 0.25) is 0 Å². The second-order valence-electron chi connectivity index (χ2n) is 5.40. The lowest BCUT2D eigenvalue weighted by Gasteiger charge is -2.28. The molecule has 0 spiro atoms. The highest BCUT2D eigenvalue weighted by atomic mass is 32.1. The SMILES string of the molecule is CCc1ccc(C(C)NCC2CCCCC2O)s1. The highest BCUT2D eigenvalue weighted by Gasteiger charge is 2.23. The van der Waals surface area contributed by atoms with Gasteiger partial charge in [-0.2, -0.15) is 0 Å². The first kappa shape index (κ1) is 14.0. The van der Waals surface area contributed by atoms with Crippen molar-refractivity contribution in [2.75, 3.05) is 6.54 Å². The summed E-state index contributed by atoms with van der Waals surface area (Å²) in [6.45, 7) is 5.37. The number of aliphatic hydroxyl groups excluding tert-OH is 1. The van der Waals surface area contributed by atoms with Crippen LogP contribution in [0.4, 0.5) is 0 Å². The molecule has 0 aromatic carbocycles. The molecule has 1 heterocycles. The van der Waals surface area contributed by atoms with Crippen LogP contribution in [-0.4, -0.2) is 17.8 Å². The van der Waals surface area contributed by atoms with E-state index in [0.717, 1.165) is 19.4 Å². The summed E-state index contributed by atoms with van der Waals surface area (Å²) in [5, 5.41) is 13.5. The third-order valence-corrected chi connectivity index (χ3v) is 5.43. The predicted molar refractivity (Wildman–Crippen MR) is 78.1 cm³/mol. The topological polar surface area (TPSA) is 32.3 Å². The molecule has 3 atom stereocenters. The number of hydrogen-bond donors (Lipinski definition) is 2. The van der Waals surface area contributed by atoms with Gasteiger partial charge in [-0.15, -0.1) is 11.3 Å². The molecule has 1 fully saturated rings. The molecule has 1 aliphatic carbocycles. The molecule has 1 aromatic rings. The Kier molecular flexibility index (Phi) is 5.22. The molecular formula is C15H25NOS. The van der Waals surface area contributed by atoms with E-state index in [-0.39, 0.29) is 6.10 Å². The minimum Gasteiger partial charge on any atom is -0.393 e. The van der Waals surface area contributed by atoms with Crippen LogP contribution in [0.15, 0.2) is 12.1 Å². The first-order chi connectivity index (χ1) is 8.70. The van der Waals surface area contributed by atoms with Crippen LogP contribution in [0.1, 0.15) is 55.3 Å². The summed E-state index contributed by atoms with van der Waals surface area (Å²) < 4.78 is 0. The summed E-state index contributed by atoms with van der Waals surface area (Å²) in [6.07, 6.45) is 5.66. The van der Waals surface area contributed by atoms with Gasteiger partial charge in [0.1, 0.15) is 0 Å². The summed E-state index contributed by atoms with van der Waals surface area (Å²) >= 11 is 1.90. The first-order valence-corrected chi connectivity index (χ1v) is 8.02. The normalized spacial score (nSPS) is 26.2. The number of aryl methyl sites for hydroxylation is 1. The molecule has 0 radical (unpaired) electrons. The van der Waals surface area contributed by atoms with Crippen LogP contribution in [-0.2, 0) is 6.42 Å². The van der Waals surface area contributed by atoms with E-state index in [0.29, 0.717) is 12.0 Å². The van der Waals surface area contributed by atoms with Crippen molar-refractivity contribution in [2.45, 2.75) is 58.1 Å². The maximum Gasteiger partial charge on any atom is 0.0580 e. The molecule has 3 heteroatoms. The van der Waals surface area contributed by atoms with Crippen LogP contribution in [0.25, 0.3) is 0 Å². The zero-order valence-electron chi connectivity index (χ0n) is 11.5. The highest BCUT2D eigenvalue weighted by Crippen LogP contribution is 2.26. The monoisotopic (exact) mass is 267 g/mol. The maximum absolute atomic E-state index is 9.96. The van der Waals surface area contributed by atoms with Crippen molar-refractivity contribution in [3.8, 4) is 0 Å². The molecule has 0 saturated heterocycles. The molecule has 2 N–H and O–H groups in total. The Hall–Kier alpha value is -0.380. The van der Waals surface area contributed by atoms with Crippen LogP contribution in [0, 0.1) is 5.92 Å². The summed E-state index contributed by atoms with van der Waals surface area (Å²) in [6, 6.07) is 4.87. The molecule has 3 unspecified atom stereocenters. The fourth-order valence-electron chi connectivity index (χ4n) is 2.67. The number of aliphatic hydroxyl groups is 1. The molecule has 2 rings (SSSR count). The van der Waals surface area contributed by atoms with Crippen LogP contribution in [0.3, 0.4) is 0 Å². The zero-order chi connectivity index (χ0) is 13.0. The molecular weight excluding hydrogens is 242 g/mol. The molecule has 102 valence electrons. The largest absolute Gasteiger partial charge is 0.393 e. The number of nitrogens with one attached hydrogen (secondary N) is 1. The Morgan fingerprint density at radius 2 is 2.17 bits per heavy atom. The van der Waals surface area contributed by atoms with Crippen LogP contribution in [0.5, 0.6) is 0 Å². The van der Waals surface area contributed by atoms with E-state index < -0.39 is 0 Å². The van der Waals surface area contributed by atoms with Gasteiger partial charge in [0.15, 0.2) is 0 Å². The van der Waals surface area contributed by atoms with Crippen molar-refractivity contribution >= 4 is 11.3 Å². The Morgan fingerprint density at radius 3 is 2.83 bits per heavy atom. The van der Waals surface area contributed by atoms with Gasteiger partial charge in [0.25, 0.3) is 0 Å². The molecule has 1 saturated carbocycles.